The van der Waals surface area contributed by atoms with E-state index in [0.29, 0.717) is 0 Å². The van der Waals surface area contributed by atoms with Crippen LogP contribution in [0.3, 0.4) is 0 Å². The summed E-state index contributed by atoms with van der Waals surface area (Å²) in [6.07, 6.45) is 4.76. The van der Waals surface area contributed by atoms with Gasteiger partial charge in [-0.25, -0.2) is 5.43 Å². The Balaban J connectivity index is 1.96. The summed E-state index contributed by atoms with van der Waals surface area (Å²) >= 11 is 0. The second-order valence-electron chi connectivity index (χ2n) is 5.58. The maximum Gasteiger partial charge on any atom is 0.0710 e. The molecule has 1 atom stereocenters. The normalized spacial score (nSPS) is 15.1. The molecule has 20 heavy (non-hydrogen) atoms. The van der Waals surface area contributed by atoms with Crippen LogP contribution < -0.4 is 11.3 Å². The van der Waals surface area contributed by atoms with Gasteiger partial charge < -0.3 is 0 Å². The molecule has 0 fully saturated rings. The molecule has 104 valence electrons. The molecule has 3 rings (SSSR count). The summed E-state index contributed by atoms with van der Waals surface area (Å²) in [4.78, 5) is 0. The van der Waals surface area contributed by atoms with Gasteiger partial charge in [-0.1, -0.05) is 49.4 Å². The van der Waals surface area contributed by atoms with Crippen LogP contribution in [0.1, 0.15) is 47.2 Å². The van der Waals surface area contributed by atoms with Crippen LogP contribution in [-0.4, -0.2) is 0 Å². The molecule has 0 heterocycles. The second kappa shape index (κ2) is 5.78. The topological polar surface area (TPSA) is 38.0 Å². The van der Waals surface area contributed by atoms with Crippen molar-refractivity contribution in [3.8, 4) is 0 Å². The molecule has 0 saturated carbocycles. The Hall–Kier alpha value is -1.64. The van der Waals surface area contributed by atoms with Gasteiger partial charge in [-0.3, -0.25) is 5.84 Å². The van der Waals surface area contributed by atoms with Crippen LogP contribution in [0.2, 0.25) is 0 Å². The van der Waals surface area contributed by atoms with E-state index in [-0.39, 0.29) is 6.04 Å². The minimum atomic E-state index is 0.0763. The molecule has 0 saturated heterocycles. The highest BCUT2D eigenvalue weighted by atomic mass is 15.2. The van der Waals surface area contributed by atoms with Crippen LogP contribution in [0.4, 0.5) is 0 Å². The van der Waals surface area contributed by atoms with Crippen LogP contribution in [0.5, 0.6) is 0 Å². The van der Waals surface area contributed by atoms with E-state index in [9.17, 15) is 0 Å². The standard InChI is InChI=1S/C18H22N2/c1-2-13-5-3-8-16(11-13)18(20-19)17-10-9-14-6-4-7-15(14)12-17/h3,5,8-12,18,20H,2,4,6-7,19H2,1H3. The molecule has 0 radical (unpaired) electrons. The smallest absolute Gasteiger partial charge is 0.0710 e. The number of nitrogens with two attached hydrogens (primary N) is 1. The van der Waals surface area contributed by atoms with Gasteiger partial charge in [-0.2, -0.15) is 0 Å². The highest BCUT2D eigenvalue weighted by molar-refractivity contribution is 5.40. The number of rotatable bonds is 4. The van der Waals surface area contributed by atoms with Crippen molar-refractivity contribution in [1.29, 1.82) is 0 Å². The van der Waals surface area contributed by atoms with Crippen LogP contribution >= 0.6 is 0 Å². The number of fused-ring (bicyclic) bond motifs is 1. The van der Waals surface area contributed by atoms with E-state index in [0.717, 1.165) is 6.42 Å². The molecule has 0 amide bonds. The van der Waals surface area contributed by atoms with Gasteiger partial charge in [-0.15, -0.1) is 0 Å². The summed E-state index contributed by atoms with van der Waals surface area (Å²) < 4.78 is 0. The van der Waals surface area contributed by atoms with E-state index < -0.39 is 0 Å². The number of benzene rings is 2. The molecule has 0 aromatic heterocycles. The molecule has 1 unspecified atom stereocenters. The van der Waals surface area contributed by atoms with E-state index in [4.69, 9.17) is 5.84 Å². The molecular weight excluding hydrogens is 244 g/mol. The third-order valence-corrected chi connectivity index (χ3v) is 4.32. The lowest BCUT2D eigenvalue weighted by molar-refractivity contribution is 0.635. The van der Waals surface area contributed by atoms with Crippen molar-refractivity contribution in [3.05, 3.63) is 70.3 Å². The lowest BCUT2D eigenvalue weighted by atomic mass is 9.95. The zero-order valence-electron chi connectivity index (χ0n) is 12.0. The first-order valence-corrected chi connectivity index (χ1v) is 7.48. The summed E-state index contributed by atoms with van der Waals surface area (Å²) in [5.74, 6) is 5.82. The van der Waals surface area contributed by atoms with Crippen LogP contribution in [0.25, 0.3) is 0 Å². The third-order valence-electron chi connectivity index (χ3n) is 4.32. The molecule has 0 bridgehead atoms. The predicted molar refractivity (Wildman–Crippen MR) is 83.5 cm³/mol. The Bertz CT molecular complexity index is 604. The monoisotopic (exact) mass is 266 g/mol. The van der Waals surface area contributed by atoms with Gasteiger partial charge >= 0.3 is 0 Å². The molecule has 0 spiro atoms. The molecule has 2 heteroatoms. The second-order valence-corrected chi connectivity index (χ2v) is 5.58. The fourth-order valence-corrected chi connectivity index (χ4v) is 3.15. The Morgan fingerprint density at radius 1 is 1.05 bits per heavy atom. The zero-order chi connectivity index (χ0) is 13.9. The summed E-state index contributed by atoms with van der Waals surface area (Å²) in [5, 5.41) is 0. The zero-order valence-corrected chi connectivity index (χ0v) is 12.0. The Labute approximate surface area is 121 Å². The molecule has 3 N–H and O–H groups in total. The van der Waals surface area contributed by atoms with Gasteiger partial charge in [0.15, 0.2) is 0 Å². The maximum absolute atomic E-state index is 5.82. The van der Waals surface area contributed by atoms with Gasteiger partial charge in [0.05, 0.1) is 6.04 Å². The minimum Gasteiger partial charge on any atom is -0.271 e. The highest BCUT2D eigenvalue weighted by Gasteiger charge is 2.16. The lowest BCUT2D eigenvalue weighted by Gasteiger charge is -2.18. The number of nitrogens with one attached hydrogen (secondary N) is 1. The fraction of sp³-hybridized carbons (Fsp3) is 0.333. The Morgan fingerprint density at radius 3 is 2.65 bits per heavy atom. The Kier molecular flexibility index (Phi) is 3.86. The first kappa shape index (κ1) is 13.3. The number of hydrogen-bond acceptors (Lipinski definition) is 2. The predicted octanol–water partition coefficient (Wildman–Crippen LogP) is 3.29. The summed E-state index contributed by atoms with van der Waals surface area (Å²) in [6.45, 7) is 2.18. The number of aryl methyl sites for hydroxylation is 3. The molecule has 0 aliphatic heterocycles. The van der Waals surface area contributed by atoms with E-state index in [2.05, 4.69) is 54.8 Å². The van der Waals surface area contributed by atoms with Gasteiger partial charge in [-0.05, 0) is 53.5 Å². The van der Waals surface area contributed by atoms with Crippen molar-refractivity contribution in [3.63, 3.8) is 0 Å². The fourth-order valence-electron chi connectivity index (χ4n) is 3.15. The third kappa shape index (κ3) is 2.49. The average molecular weight is 266 g/mol. The van der Waals surface area contributed by atoms with E-state index >= 15 is 0 Å². The molecule has 1 aliphatic rings. The van der Waals surface area contributed by atoms with Gasteiger partial charge in [0.25, 0.3) is 0 Å². The summed E-state index contributed by atoms with van der Waals surface area (Å²) in [6, 6.07) is 15.6. The van der Waals surface area contributed by atoms with E-state index in [1.165, 1.54) is 47.1 Å². The highest BCUT2D eigenvalue weighted by Crippen LogP contribution is 2.28. The van der Waals surface area contributed by atoms with Crippen LogP contribution in [0.15, 0.2) is 42.5 Å². The van der Waals surface area contributed by atoms with Crippen LogP contribution in [0, 0.1) is 0 Å². The molecule has 2 aromatic rings. The number of hydrogen-bond donors (Lipinski definition) is 2. The van der Waals surface area contributed by atoms with Gasteiger partial charge in [0.2, 0.25) is 0 Å². The summed E-state index contributed by atoms with van der Waals surface area (Å²) in [7, 11) is 0. The first-order valence-electron chi connectivity index (χ1n) is 7.48. The van der Waals surface area contributed by atoms with Crippen molar-refractivity contribution >= 4 is 0 Å². The van der Waals surface area contributed by atoms with Crippen molar-refractivity contribution in [1.82, 2.24) is 5.43 Å². The number of hydrazine groups is 1. The minimum absolute atomic E-state index is 0.0763. The molecule has 1 aliphatic carbocycles. The molecule has 2 aromatic carbocycles. The average Bonchev–Trinajstić information content (AvgIpc) is 2.96. The van der Waals surface area contributed by atoms with Crippen LogP contribution in [-0.2, 0) is 19.3 Å². The molecular formula is C18H22N2. The van der Waals surface area contributed by atoms with Crippen molar-refractivity contribution in [2.45, 2.75) is 38.6 Å². The van der Waals surface area contributed by atoms with Gasteiger partial charge in [0, 0.05) is 0 Å². The van der Waals surface area contributed by atoms with E-state index in [1.807, 2.05) is 0 Å². The largest absolute Gasteiger partial charge is 0.271 e. The quantitative estimate of drug-likeness (QED) is 0.658. The first-order chi connectivity index (χ1) is 9.81. The van der Waals surface area contributed by atoms with Crippen molar-refractivity contribution in [2.24, 2.45) is 5.84 Å². The van der Waals surface area contributed by atoms with E-state index in [1.54, 1.807) is 0 Å². The SMILES string of the molecule is CCc1cccc(C(NN)c2ccc3c(c2)CCC3)c1. The molecule has 2 nitrogen and oxygen atoms in total. The lowest BCUT2D eigenvalue weighted by Crippen LogP contribution is -2.29. The van der Waals surface area contributed by atoms with Gasteiger partial charge in [0.1, 0.15) is 0 Å². The Morgan fingerprint density at radius 2 is 1.85 bits per heavy atom. The summed E-state index contributed by atoms with van der Waals surface area (Å²) in [5.41, 5.74) is 9.83. The van der Waals surface area contributed by atoms with Crippen molar-refractivity contribution in [2.75, 3.05) is 0 Å². The maximum atomic E-state index is 5.82. The van der Waals surface area contributed by atoms with Crippen molar-refractivity contribution < 1.29 is 0 Å².